The van der Waals surface area contributed by atoms with E-state index in [1.165, 1.54) is 45.0 Å². The maximum Gasteiger partial charge on any atom is 0.0481 e. The van der Waals surface area contributed by atoms with Gasteiger partial charge in [-0.05, 0) is 55.9 Å². The first-order valence-electron chi connectivity index (χ1n) is 8.33. The molecule has 0 amide bonds. The molecule has 118 valence electrons. The minimum atomic E-state index is 1.01. The zero-order valence-corrected chi connectivity index (χ0v) is 14.8. The Balaban J connectivity index is 1.71. The summed E-state index contributed by atoms with van der Waals surface area (Å²) in [6, 6.07) is 22.0. The van der Waals surface area contributed by atoms with Gasteiger partial charge in [0, 0.05) is 42.6 Å². The third kappa shape index (κ3) is 1.87. The van der Waals surface area contributed by atoms with Crippen molar-refractivity contribution in [3.63, 3.8) is 0 Å². The van der Waals surface area contributed by atoms with Gasteiger partial charge in [0.1, 0.15) is 0 Å². The zero-order valence-electron chi connectivity index (χ0n) is 13.7. The van der Waals surface area contributed by atoms with E-state index in [1.807, 2.05) is 0 Å². The Bertz CT molecular complexity index is 885. The van der Waals surface area contributed by atoms with E-state index in [1.54, 1.807) is 0 Å². The van der Waals surface area contributed by atoms with E-state index >= 15 is 0 Å². The van der Waals surface area contributed by atoms with E-state index in [4.69, 9.17) is 0 Å². The zero-order chi connectivity index (χ0) is 16.3. The summed E-state index contributed by atoms with van der Waals surface area (Å²) in [6.07, 6.45) is 2.02. The number of hydrogen-bond donors (Lipinski definition) is 0. The number of hydrogen-bond acceptors (Lipinski definition) is 2. The number of para-hydroxylation sites is 2. The predicted molar refractivity (Wildman–Crippen MR) is 105 cm³/mol. The van der Waals surface area contributed by atoms with Gasteiger partial charge in [-0.2, -0.15) is 0 Å². The molecule has 0 aliphatic carbocycles. The van der Waals surface area contributed by atoms with Crippen LogP contribution >= 0.6 is 9.39 Å². The van der Waals surface area contributed by atoms with Crippen LogP contribution in [0.3, 0.4) is 0 Å². The van der Waals surface area contributed by atoms with Crippen LogP contribution in [0.25, 0.3) is 0 Å². The lowest BCUT2D eigenvalue weighted by Gasteiger charge is -2.36. The second kappa shape index (κ2) is 5.09. The standard InChI is InChI=1S/C21H19N2P/c1-22-18-8-4-2-6-14(18)12-16-17-13-15-7-3-5-9-19(15)23(24)21(17)11-10-20(16)22/h2-11H,12-13,24H2,1H3. The van der Waals surface area contributed by atoms with Gasteiger partial charge in [-0.15, -0.1) is 0 Å². The molecule has 2 aliphatic rings. The van der Waals surface area contributed by atoms with Gasteiger partial charge in [0.15, 0.2) is 0 Å². The summed E-state index contributed by atoms with van der Waals surface area (Å²) in [7, 11) is 5.07. The Kier molecular flexibility index (Phi) is 2.98. The summed E-state index contributed by atoms with van der Waals surface area (Å²) in [4.78, 5) is 2.34. The molecule has 2 nitrogen and oxygen atoms in total. The molecule has 24 heavy (non-hydrogen) atoms. The minimum absolute atomic E-state index is 1.01. The Labute approximate surface area is 145 Å². The van der Waals surface area contributed by atoms with Crippen LogP contribution in [0.5, 0.6) is 0 Å². The Morgan fingerprint density at radius 2 is 1.21 bits per heavy atom. The predicted octanol–water partition coefficient (Wildman–Crippen LogP) is 5.19. The average Bonchev–Trinajstić information content (AvgIpc) is 2.62. The normalized spacial score (nSPS) is 14.6. The second-order valence-corrected chi connectivity index (χ2v) is 7.12. The highest BCUT2D eigenvalue weighted by Gasteiger charge is 2.28. The van der Waals surface area contributed by atoms with Crippen molar-refractivity contribution in [2.45, 2.75) is 12.8 Å². The van der Waals surface area contributed by atoms with Crippen molar-refractivity contribution >= 4 is 32.1 Å². The molecule has 0 fully saturated rings. The maximum atomic E-state index is 2.89. The summed E-state index contributed by atoms with van der Waals surface area (Å²) < 4.78 is 2.26. The Morgan fingerprint density at radius 3 is 1.96 bits per heavy atom. The van der Waals surface area contributed by atoms with Gasteiger partial charge in [-0.1, -0.05) is 36.4 Å². The summed E-state index contributed by atoms with van der Waals surface area (Å²) in [5.74, 6) is 0. The fourth-order valence-corrected chi connectivity index (χ4v) is 4.62. The molecule has 3 aromatic rings. The maximum absolute atomic E-state index is 2.89. The van der Waals surface area contributed by atoms with Crippen molar-refractivity contribution in [2.75, 3.05) is 16.6 Å². The van der Waals surface area contributed by atoms with E-state index in [0.29, 0.717) is 0 Å². The van der Waals surface area contributed by atoms with Gasteiger partial charge in [0.25, 0.3) is 0 Å². The molecule has 1 atom stereocenters. The summed E-state index contributed by atoms with van der Waals surface area (Å²) in [5, 5.41) is 0. The topological polar surface area (TPSA) is 6.48 Å². The summed E-state index contributed by atoms with van der Waals surface area (Å²) in [6.45, 7) is 0. The Morgan fingerprint density at radius 1 is 0.667 bits per heavy atom. The highest BCUT2D eigenvalue weighted by Crippen LogP contribution is 2.47. The molecular formula is C21H19N2P. The van der Waals surface area contributed by atoms with Crippen LogP contribution in [-0.4, -0.2) is 7.05 Å². The quantitative estimate of drug-likeness (QED) is 0.523. The lowest BCUT2D eigenvalue weighted by molar-refractivity contribution is 1.00. The molecular weight excluding hydrogens is 311 g/mol. The van der Waals surface area contributed by atoms with E-state index < -0.39 is 0 Å². The third-order valence-corrected chi connectivity index (χ3v) is 5.90. The third-order valence-electron chi connectivity index (χ3n) is 5.34. The highest BCUT2D eigenvalue weighted by molar-refractivity contribution is 7.20. The van der Waals surface area contributed by atoms with Crippen molar-refractivity contribution in [3.8, 4) is 0 Å². The fraction of sp³-hybridized carbons (Fsp3) is 0.143. The molecule has 0 spiro atoms. The van der Waals surface area contributed by atoms with Crippen LogP contribution < -0.4 is 9.57 Å². The van der Waals surface area contributed by atoms with Gasteiger partial charge in [-0.3, -0.25) is 0 Å². The molecule has 5 rings (SSSR count). The van der Waals surface area contributed by atoms with Crippen LogP contribution in [0.15, 0.2) is 60.7 Å². The van der Waals surface area contributed by atoms with Crippen molar-refractivity contribution < 1.29 is 0 Å². The summed E-state index contributed by atoms with van der Waals surface area (Å²) >= 11 is 0. The number of benzene rings is 3. The molecule has 1 unspecified atom stereocenters. The lowest BCUT2D eigenvalue weighted by Crippen LogP contribution is -2.22. The second-order valence-electron chi connectivity index (χ2n) is 6.60. The van der Waals surface area contributed by atoms with Crippen LogP contribution in [0.1, 0.15) is 22.3 Å². The first kappa shape index (κ1) is 14.1. The van der Waals surface area contributed by atoms with E-state index in [9.17, 15) is 0 Å². The minimum Gasteiger partial charge on any atom is -0.344 e. The molecule has 0 N–H and O–H groups in total. The lowest BCUT2D eigenvalue weighted by atomic mass is 9.86. The van der Waals surface area contributed by atoms with Crippen molar-refractivity contribution in [1.82, 2.24) is 0 Å². The van der Waals surface area contributed by atoms with Crippen molar-refractivity contribution in [2.24, 2.45) is 0 Å². The van der Waals surface area contributed by atoms with Crippen LogP contribution in [0, 0.1) is 0 Å². The van der Waals surface area contributed by atoms with Crippen molar-refractivity contribution in [1.29, 1.82) is 0 Å². The number of fused-ring (bicyclic) bond motifs is 5. The summed E-state index contributed by atoms with van der Waals surface area (Å²) in [5.41, 5.74) is 11.0. The van der Waals surface area contributed by atoms with Crippen LogP contribution in [-0.2, 0) is 12.8 Å². The largest absolute Gasteiger partial charge is 0.344 e. The van der Waals surface area contributed by atoms with Gasteiger partial charge in [0.05, 0.1) is 0 Å². The van der Waals surface area contributed by atoms with Crippen molar-refractivity contribution in [3.05, 3.63) is 82.9 Å². The molecule has 0 bridgehead atoms. The van der Waals surface area contributed by atoms with E-state index in [0.717, 1.165) is 12.8 Å². The average molecular weight is 330 g/mol. The molecule has 3 aromatic carbocycles. The van der Waals surface area contributed by atoms with Gasteiger partial charge < -0.3 is 9.57 Å². The number of nitrogens with zero attached hydrogens (tertiary/aromatic N) is 2. The molecule has 0 saturated carbocycles. The molecule has 3 heteroatoms. The molecule has 2 aliphatic heterocycles. The SMILES string of the molecule is CN1c2ccccc2Cc2c1ccc1c2Cc2ccccc2N1P. The fourth-order valence-electron chi connectivity index (χ4n) is 4.13. The van der Waals surface area contributed by atoms with Gasteiger partial charge in [0.2, 0.25) is 0 Å². The van der Waals surface area contributed by atoms with Gasteiger partial charge >= 0.3 is 0 Å². The highest BCUT2D eigenvalue weighted by atomic mass is 31.0. The van der Waals surface area contributed by atoms with Crippen LogP contribution in [0.4, 0.5) is 22.7 Å². The monoisotopic (exact) mass is 330 g/mol. The van der Waals surface area contributed by atoms with Gasteiger partial charge in [-0.25, -0.2) is 0 Å². The molecule has 2 heterocycles. The molecule has 0 radical (unpaired) electrons. The first-order chi connectivity index (χ1) is 11.7. The Hall–Kier alpha value is -2.31. The van der Waals surface area contributed by atoms with E-state index in [2.05, 4.69) is 86.7 Å². The number of anilines is 4. The molecule has 0 saturated heterocycles. The smallest absolute Gasteiger partial charge is 0.0481 e. The first-order valence-corrected chi connectivity index (χ1v) is 8.85. The molecule has 0 aromatic heterocycles. The number of rotatable bonds is 0. The van der Waals surface area contributed by atoms with E-state index in [-0.39, 0.29) is 0 Å². The van der Waals surface area contributed by atoms with Crippen LogP contribution in [0.2, 0.25) is 0 Å².